The van der Waals surface area contributed by atoms with Crippen molar-refractivity contribution in [2.24, 2.45) is 0 Å². The van der Waals surface area contributed by atoms with Crippen LogP contribution in [0.2, 0.25) is 0 Å². The average Bonchev–Trinajstić information content (AvgIpc) is 2.71. The number of benzene rings is 2. The predicted octanol–water partition coefficient (Wildman–Crippen LogP) is 3.29. The zero-order valence-electron chi connectivity index (χ0n) is 15.2. The van der Waals surface area contributed by atoms with Crippen LogP contribution in [-0.2, 0) is 4.74 Å². The summed E-state index contributed by atoms with van der Waals surface area (Å²) in [6.45, 7) is 3.15. The van der Waals surface area contributed by atoms with Crippen molar-refractivity contribution in [2.45, 2.75) is 13.3 Å². The van der Waals surface area contributed by atoms with Gasteiger partial charge in [-0.05, 0) is 42.8 Å². The Morgan fingerprint density at radius 1 is 1.07 bits per heavy atom. The number of fused-ring (bicyclic) bond motifs is 1. The molecule has 0 saturated heterocycles. The Morgan fingerprint density at radius 2 is 1.81 bits per heavy atom. The smallest absolute Gasteiger partial charge is 0.338 e. The van der Waals surface area contributed by atoms with Gasteiger partial charge in [0.25, 0.3) is 5.91 Å². The lowest BCUT2D eigenvalue weighted by Gasteiger charge is -2.21. The van der Waals surface area contributed by atoms with Crippen LogP contribution in [0.4, 0.5) is 5.69 Å². The van der Waals surface area contributed by atoms with Gasteiger partial charge >= 0.3 is 5.97 Å². The number of hydrogen-bond acceptors (Lipinski definition) is 6. The first-order chi connectivity index (χ1) is 13.1. The Balaban J connectivity index is 1.73. The number of ether oxygens (including phenoxy) is 4. The van der Waals surface area contributed by atoms with Gasteiger partial charge in [-0.2, -0.15) is 0 Å². The van der Waals surface area contributed by atoms with Crippen molar-refractivity contribution in [1.82, 2.24) is 0 Å². The number of amides is 1. The summed E-state index contributed by atoms with van der Waals surface area (Å²) in [4.78, 5) is 24.4. The molecule has 0 atom stereocenters. The molecule has 27 heavy (non-hydrogen) atoms. The lowest BCUT2D eigenvalue weighted by molar-refractivity contribution is 0.0505. The predicted molar refractivity (Wildman–Crippen MR) is 99.0 cm³/mol. The van der Waals surface area contributed by atoms with E-state index in [1.807, 2.05) is 6.92 Å². The van der Waals surface area contributed by atoms with Gasteiger partial charge < -0.3 is 24.3 Å². The zero-order valence-corrected chi connectivity index (χ0v) is 15.2. The van der Waals surface area contributed by atoms with Crippen LogP contribution >= 0.6 is 0 Å². The highest BCUT2D eigenvalue weighted by molar-refractivity contribution is 6.05. The standard InChI is InChI=1S/C20H21NO6/c1-3-8-27-20(23)13-4-6-15(7-5-13)21-19(22)14-11-16(24-2)18-17(12-14)25-9-10-26-18/h4-7,11-12H,3,8-10H2,1-2H3,(H,21,22). The number of rotatable bonds is 6. The third kappa shape index (κ3) is 4.31. The fraction of sp³-hybridized carbons (Fsp3) is 0.300. The van der Waals surface area contributed by atoms with Gasteiger partial charge in [-0.25, -0.2) is 4.79 Å². The number of nitrogens with one attached hydrogen (secondary N) is 1. The van der Waals surface area contributed by atoms with Crippen LogP contribution < -0.4 is 19.5 Å². The van der Waals surface area contributed by atoms with Gasteiger partial charge in [0, 0.05) is 11.3 Å². The maximum atomic E-state index is 12.6. The molecule has 0 spiro atoms. The number of esters is 1. The number of hydrogen-bond donors (Lipinski definition) is 1. The summed E-state index contributed by atoms with van der Waals surface area (Å²) < 4.78 is 21.5. The van der Waals surface area contributed by atoms with Gasteiger partial charge in [0.2, 0.25) is 5.75 Å². The zero-order chi connectivity index (χ0) is 19.2. The number of anilines is 1. The Labute approximate surface area is 157 Å². The molecule has 0 fully saturated rings. The van der Waals surface area contributed by atoms with E-state index in [0.717, 1.165) is 6.42 Å². The van der Waals surface area contributed by atoms with Crippen LogP contribution in [0.1, 0.15) is 34.1 Å². The molecule has 142 valence electrons. The maximum absolute atomic E-state index is 12.6. The highest BCUT2D eigenvalue weighted by Gasteiger charge is 2.21. The molecular formula is C20H21NO6. The molecule has 3 rings (SSSR count). The summed E-state index contributed by atoms with van der Waals surface area (Å²) in [5, 5.41) is 2.78. The van der Waals surface area contributed by atoms with E-state index in [-0.39, 0.29) is 11.9 Å². The molecule has 0 bridgehead atoms. The van der Waals surface area contributed by atoms with Gasteiger partial charge in [-0.3, -0.25) is 4.79 Å². The minimum Gasteiger partial charge on any atom is -0.493 e. The normalized spacial score (nSPS) is 12.2. The second-order valence-corrected chi connectivity index (χ2v) is 5.87. The quantitative estimate of drug-likeness (QED) is 0.785. The van der Waals surface area contributed by atoms with Crippen molar-refractivity contribution in [3.8, 4) is 17.2 Å². The van der Waals surface area contributed by atoms with E-state index in [1.165, 1.54) is 7.11 Å². The first-order valence-corrected chi connectivity index (χ1v) is 8.68. The molecule has 0 aliphatic carbocycles. The molecule has 0 unspecified atom stereocenters. The third-order valence-electron chi connectivity index (χ3n) is 3.91. The molecule has 0 aromatic heterocycles. The van der Waals surface area contributed by atoms with Gasteiger partial charge in [0.15, 0.2) is 11.5 Å². The second kappa shape index (κ2) is 8.44. The van der Waals surface area contributed by atoms with Crippen LogP contribution in [0.5, 0.6) is 17.2 Å². The Bertz CT molecular complexity index is 814. The molecule has 7 nitrogen and oxygen atoms in total. The van der Waals surface area contributed by atoms with Gasteiger partial charge in [0.1, 0.15) is 13.2 Å². The van der Waals surface area contributed by atoms with Crippen molar-refractivity contribution >= 4 is 17.6 Å². The maximum Gasteiger partial charge on any atom is 0.338 e. The molecule has 7 heteroatoms. The van der Waals surface area contributed by atoms with Crippen LogP contribution in [0.3, 0.4) is 0 Å². The minimum absolute atomic E-state index is 0.327. The summed E-state index contributed by atoms with van der Waals surface area (Å²) in [6, 6.07) is 9.73. The topological polar surface area (TPSA) is 83.1 Å². The Hall–Kier alpha value is -3.22. The van der Waals surface area contributed by atoms with Gasteiger partial charge in [-0.1, -0.05) is 6.92 Å². The van der Waals surface area contributed by atoms with Crippen molar-refractivity contribution < 1.29 is 28.5 Å². The molecule has 2 aromatic rings. The van der Waals surface area contributed by atoms with E-state index < -0.39 is 0 Å². The third-order valence-corrected chi connectivity index (χ3v) is 3.91. The summed E-state index contributed by atoms with van der Waals surface area (Å²) in [5.41, 5.74) is 1.37. The molecule has 0 radical (unpaired) electrons. The Kier molecular flexibility index (Phi) is 5.80. The molecule has 0 saturated carbocycles. The van der Waals surface area contributed by atoms with Crippen LogP contribution in [0.25, 0.3) is 0 Å². The van der Waals surface area contributed by atoms with Crippen molar-refractivity contribution in [3.05, 3.63) is 47.5 Å². The largest absolute Gasteiger partial charge is 0.493 e. The van der Waals surface area contributed by atoms with E-state index in [4.69, 9.17) is 18.9 Å². The van der Waals surface area contributed by atoms with Crippen molar-refractivity contribution in [3.63, 3.8) is 0 Å². The monoisotopic (exact) mass is 371 g/mol. The number of carbonyl (C=O) groups excluding carboxylic acids is 2. The molecule has 1 aliphatic rings. The Morgan fingerprint density at radius 3 is 2.52 bits per heavy atom. The fourth-order valence-electron chi connectivity index (χ4n) is 2.58. The summed E-state index contributed by atoms with van der Waals surface area (Å²) in [5.74, 6) is 0.694. The van der Waals surface area contributed by atoms with Gasteiger partial charge in [-0.15, -0.1) is 0 Å². The fourth-order valence-corrected chi connectivity index (χ4v) is 2.58. The van der Waals surface area contributed by atoms with E-state index >= 15 is 0 Å². The first-order valence-electron chi connectivity index (χ1n) is 8.68. The van der Waals surface area contributed by atoms with E-state index in [2.05, 4.69) is 5.32 Å². The average molecular weight is 371 g/mol. The number of carbonyl (C=O) groups is 2. The lowest BCUT2D eigenvalue weighted by atomic mass is 10.1. The highest BCUT2D eigenvalue weighted by Crippen LogP contribution is 2.40. The first kappa shape index (κ1) is 18.6. The van der Waals surface area contributed by atoms with Gasteiger partial charge in [0.05, 0.1) is 19.3 Å². The molecular weight excluding hydrogens is 350 g/mol. The van der Waals surface area contributed by atoms with Crippen LogP contribution in [0.15, 0.2) is 36.4 Å². The molecule has 1 amide bonds. The second-order valence-electron chi connectivity index (χ2n) is 5.87. The number of methoxy groups -OCH3 is 1. The summed E-state index contributed by atoms with van der Waals surface area (Å²) >= 11 is 0. The van der Waals surface area contributed by atoms with Crippen LogP contribution in [0, 0.1) is 0 Å². The SMILES string of the molecule is CCCOC(=O)c1ccc(NC(=O)c2cc(OC)c3c(c2)OCCO3)cc1. The molecule has 1 N–H and O–H groups in total. The van der Waals surface area contributed by atoms with Crippen molar-refractivity contribution in [2.75, 3.05) is 32.2 Å². The van der Waals surface area contributed by atoms with E-state index in [1.54, 1.807) is 36.4 Å². The van der Waals surface area contributed by atoms with E-state index in [0.29, 0.717) is 53.9 Å². The lowest BCUT2D eigenvalue weighted by Crippen LogP contribution is -2.18. The van der Waals surface area contributed by atoms with Crippen LogP contribution in [-0.4, -0.2) is 38.8 Å². The van der Waals surface area contributed by atoms with E-state index in [9.17, 15) is 9.59 Å². The molecule has 1 aliphatic heterocycles. The molecule has 1 heterocycles. The summed E-state index contributed by atoms with van der Waals surface area (Å²) in [7, 11) is 1.51. The van der Waals surface area contributed by atoms with Crippen molar-refractivity contribution in [1.29, 1.82) is 0 Å². The summed E-state index contributed by atoms with van der Waals surface area (Å²) in [6.07, 6.45) is 0.763. The molecule has 2 aromatic carbocycles. The minimum atomic E-state index is -0.383. The highest BCUT2D eigenvalue weighted by atomic mass is 16.6.